The smallest absolute Gasteiger partial charge is 0.243 e. The van der Waals surface area contributed by atoms with Crippen molar-refractivity contribution in [1.82, 2.24) is 4.31 Å². The number of nitrogens with zero attached hydrogens (tertiary/aromatic N) is 2. The average Bonchev–Trinajstić information content (AvgIpc) is 3.31. The van der Waals surface area contributed by atoms with Crippen molar-refractivity contribution in [2.45, 2.75) is 50.5 Å². The second-order valence-corrected chi connectivity index (χ2v) is 9.64. The molecule has 2 aliphatic heterocycles. The first-order valence-corrected chi connectivity index (χ1v) is 11.3. The molecule has 0 aliphatic carbocycles. The summed E-state index contributed by atoms with van der Waals surface area (Å²) in [5, 5.41) is 0. The highest BCUT2D eigenvalue weighted by molar-refractivity contribution is 7.89. The van der Waals surface area contributed by atoms with E-state index < -0.39 is 10.0 Å². The minimum Gasteiger partial charge on any atom is -0.312 e. The molecule has 1 atom stereocenters. The van der Waals surface area contributed by atoms with Gasteiger partial charge in [-0.05, 0) is 62.4 Å². The third-order valence-electron chi connectivity index (χ3n) is 5.80. The molecular formula is C22H26N2O3S. The van der Waals surface area contributed by atoms with Gasteiger partial charge in [-0.15, -0.1) is 0 Å². The van der Waals surface area contributed by atoms with Crippen molar-refractivity contribution in [2.75, 3.05) is 18.0 Å². The molecule has 2 aliphatic rings. The Morgan fingerprint density at radius 3 is 2.36 bits per heavy atom. The van der Waals surface area contributed by atoms with Gasteiger partial charge in [-0.1, -0.05) is 29.8 Å². The molecule has 1 unspecified atom stereocenters. The van der Waals surface area contributed by atoms with Gasteiger partial charge in [-0.2, -0.15) is 4.31 Å². The molecule has 0 N–H and O–H groups in total. The van der Waals surface area contributed by atoms with Crippen molar-refractivity contribution in [2.24, 2.45) is 0 Å². The Bertz CT molecular complexity index is 999. The fraction of sp³-hybridized carbons (Fsp3) is 0.409. The van der Waals surface area contributed by atoms with Crippen molar-refractivity contribution in [3.8, 4) is 0 Å². The van der Waals surface area contributed by atoms with E-state index in [9.17, 15) is 13.2 Å². The minimum atomic E-state index is -3.60. The van der Waals surface area contributed by atoms with Gasteiger partial charge in [0.05, 0.1) is 10.9 Å². The van der Waals surface area contributed by atoms with Crippen LogP contribution in [0.1, 0.15) is 48.4 Å². The molecule has 2 aromatic rings. The van der Waals surface area contributed by atoms with Gasteiger partial charge >= 0.3 is 0 Å². The molecule has 2 aromatic carbocycles. The van der Waals surface area contributed by atoms with Crippen molar-refractivity contribution >= 4 is 21.6 Å². The number of hydrogen-bond acceptors (Lipinski definition) is 3. The number of carbonyl (C=O) groups is 1. The van der Waals surface area contributed by atoms with Crippen molar-refractivity contribution < 1.29 is 13.2 Å². The van der Waals surface area contributed by atoms with Crippen LogP contribution in [0.15, 0.2) is 47.4 Å². The molecule has 0 bridgehead atoms. The molecular weight excluding hydrogens is 372 g/mol. The third-order valence-corrected chi connectivity index (χ3v) is 7.86. The van der Waals surface area contributed by atoms with E-state index in [0.717, 1.165) is 30.5 Å². The van der Waals surface area contributed by atoms with Crippen LogP contribution in [0.4, 0.5) is 5.69 Å². The topological polar surface area (TPSA) is 57.7 Å². The molecule has 5 nitrogen and oxygen atoms in total. The van der Waals surface area contributed by atoms with Gasteiger partial charge in [0.1, 0.15) is 0 Å². The highest BCUT2D eigenvalue weighted by Crippen LogP contribution is 2.38. The van der Waals surface area contributed by atoms with E-state index in [1.54, 1.807) is 21.3 Å². The molecule has 1 amide bonds. The van der Waals surface area contributed by atoms with Crippen molar-refractivity contribution in [3.05, 3.63) is 59.2 Å². The number of benzene rings is 2. The van der Waals surface area contributed by atoms with Gasteiger partial charge < -0.3 is 4.90 Å². The van der Waals surface area contributed by atoms with Crippen LogP contribution in [0, 0.1) is 13.8 Å². The fourth-order valence-electron chi connectivity index (χ4n) is 4.29. The molecule has 148 valence electrons. The summed E-state index contributed by atoms with van der Waals surface area (Å²) in [6, 6.07) is 13.3. The minimum absolute atomic E-state index is 0.106. The largest absolute Gasteiger partial charge is 0.312 e. The summed E-state index contributed by atoms with van der Waals surface area (Å²) in [6.07, 6.45) is 3.11. The summed E-state index contributed by atoms with van der Waals surface area (Å²) in [5.41, 5.74) is 3.69. The molecule has 0 saturated carbocycles. The predicted molar refractivity (Wildman–Crippen MR) is 110 cm³/mol. The zero-order valence-corrected chi connectivity index (χ0v) is 17.2. The Labute approximate surface area is 167 Å². The van der Waals surface area contributed by atoms with E-state index in [1.165, 1.54) is 5.56 Å². The number of aryl methyl sites for hydroxylation is 2. The zero-order valence-electron chi connectivity index (χ0n) is 16.4. The van der Waals surface area contributed by atoms with Crippen LogP contribution < -0.4 is 4.90 Å². The monoisotopic (exact) mass is 398 g/mol. The summed E-state index contributed by atoms with van der Waals surface area (Å²) in [6.45, 7) is 5.08. The first-order valence-electron chi connectivity index (χ1n) is 9.87. The summed E-state index contributed by atoms with van der Waals surface area (Å²) in [7, 11) is -3.60. The zero-order chi connectivity index (χ0) is 19.9. The summed E-state index contributed by atoms with van der Waals surface area (Å²) < 4.78 is 28.5. The Kier molecular flexibility index (Phi) is 5.02. The summed E-state index contributed by atoms with van der Waals surface area (Å²) >= 11 is 0. The van der Waals surface area contributed by atoms with Crippen molar-refractivity contribution in [3.63, 3.8) is 0 Å². The first kappa shape index (κ1) is 19.2. The van der Waals surface area contributed by atoms with E-state index in [1.807, 2.05) is 44.2 Å². The molecule has 0 spiro atoms. The number of hydrogen-bond donors (Lipinski definition) is 0. The van der Waals surface area contributed by atoms with Crippen LogP contribution in [0.2, 0.25) is 0 Å². The first-order chi connectivity index (χ1) is 13.4. The number of carbonyl (C=O) groups excluding carboxylic acids is 1. The number of rotatable bonds is 4. The van der Waals surface area contributed by atoms with Gasteiger partial charge in [0.25, 0.3) is 0 Å². The third kappa shape index (κ3) is 3.35. The summed E-state index contributed by atoms with van der Waals surface area (Å²) in [4.78, 5) is 14.1. The van der Waals surface area contributed by atoms with Gasteiger partial charge in [-0.25, -0.2) is 8.42 Å². The predicted octanol–water partition coefficient (Wildman–Crippen LogP) is 3.96. The van der Waals surface area contributed by atoms with Gasteiger partial charge in [-0.3, -0.25) is 4.79 Å². The van der Waals surface area contributed by atoms with E-state index in [0.29, 0.717) is 30.0 Å². The summed E-state index contributed by atoms with van der Waals surface area (Å²) in [5.74, 6) is 0.106. The maximum atomic E-state index is 13.4. The average molecular weight is 399 g/mol. The standard InChI is InChI=1S/C22H26N2O3S/c1-16-7-9-18(10-8-16)20-5-3-14-24(20)28(26,27)21-12-11-19(15-17(21)2)23-13-4-6-22(23)25/h7-12,15,20H,3-6,13-14H2,1-2H3. The number of amides is 1. The quantitative estimate of drug-likeness (QED) is 0.783. The van der Waals surface area contributed by atoms with Crippen LogP contribution in [-0.2, 0) is 14.8 Å². The van der Waals surface area contributed by atoms with Gasteiger partial charge in [0.2, 0.25) is 15.9 Å². The van der Waals surface area contributed by atoms with Gasteiger partial charge in [0.15, 0.2) is 0 Å². The molecule has 2 saturated heterocycles. The lowest BCUT2D eigenvalue weighted by Gasteiger charge is -2.26. The Morgan fingerprint density at radius 2 is 1.71 bits per heavy atom. The Hall–Kier alpha value is -2.18. The SMILES string of the molecule is Cc1ccc(C2CCCN2S(=O)(=O)c2ccc(N3CCCC3=O)cc2C)cc1. The fourth-order valence-corrected chi connectivity index (χ4v) is 6.18. The maximum Gasteiger partial charge on any atom is 0.243 e. The Balaban J connectivity index is 1.65. The van der Waals surface area contributed by atoms with E-state index in [2.05, 4.69) is 0 Å². The Morgan fingerprint density at radius 1 is 0.964 bits per heavy atom. The molecule has 0 aromatic heterocycles. The van der Waals surface area contributed by atoms with E-state index >= 15 is 0 Å². The molecule has 2 heterocycles. The molecule has 4 rings (SSSR count). The normalized spacial score (nSPS) is 20.9. The van der Waals surface area contributed by atoms with Crippen LogP contribution in [-0.4, -0.2) is 31.7 Å². The molecule has 6 heteroatoms. The molecule has 2 fully saturated rings. The maximum absolute atomic E-state index is 13.4. The highest BCUT2D eigenvalue weighted by atomic mass is 32.2. The highest BCUT2D eigenvalue weighted by Gasteiger charge is 2.37. The second-order valence-electron chi connectivity index (χ2n) is 7.78. The van der Waals surface area contributed by atoms with E-state index in [4.69, 9.17) is 0 Å². The molecule has 0 radical (unpaired) electrons. The lowest BCUT2D eigenvalue weighted by molar-refractivity contribution is -0.117. The van der Waals surface area contributed by atoms with E-state index in [-0.39, 0.29) is 11.9 Å². The van der Waals surface area contributed by atoms with Gasteiger partial charge in [0, 0.05) is 25.2 Å². The molecule has 28 heavy (non-hydrogen) atoms. The van der Waals surface area contributed by atoms with Crippen LogP contribution >= 0.6 is 0 Å². The number of anilines is 1. The van der Waals surface area contributed by atoms with Crippen LogP contribution in [0.25, 0.3) is 0 Å². The second kappa shape index (κ2) is 7.33. The lowest BCUT2D eigenvalue weighted by Crippen LogP contribution is -2.31. The van der Waals surface area contributed by atoms with Crippen LogP contribution in [0.3, 0.4) is 0 Å². The lowest BCUT2D eigenvalue weighted by atomic mass is 10.0. The van der Waals surface area contributed by atoms with Crippen molar-refractivity contribution in [1.29, 1.82) is 0 Å². The van der Waals surface area contributed by atoms with Crippen LogP contribution in [0.5, 0.6) is 0 Å². The number of sulfonamides is 1.